The second kappa shape index (κ2) is 7.50. The molecule has 0 saturated heterocycles. The van der Waals surface area contributed by atoms with Gasteiger partial charge in [0.25, 0.3) is 0 Å². The number of hydrogen-bond donors (Lipinski definition) is 2. The molecular weight excluding hydrogens is 380 g/mol. The highest BCUT2D eigenvalue weighted by molar-refractivity contribution is 7.80. The van der Waals surface area contributed by atoms with Gasteiger partial charge in [-0.15, -0.1) is 0 Å². The van der Waals surface area contributed by atoms with Crippen molar-refractivity contribution in [1.82, 2.24) is 19.9 Å². The van der Waals surface area contributed by atoms with Crippen molar-refractivity contribution in [3.05, 3.63) is 47.4 Å². The van der Waals surface area contributed by atoms with Crippen molar-refractivity contribution in [3.63, 3.8) is 0 Å². The first-order chi connectivity index (χ1) is 13.8. The average Bonchev–Trinajstić information content (AvgIpc) is 3.44. The summed E-state index contributed by atoms with van der Waals surface area (Å²) in [5, 5.41) is 13.3. The molecule has 0 aliphatic heterocycles. The van der Waals surface area contributed by atoms with Gasteiger partial charge in [-0.05, 0) is 56.9 Å². The van der Waals surface area contributed by atoms with Gasteiger partial charge >= 0.3 is 0 Å². The fourth-order valence-electron chi connectivity index (χ4n) is 3.67. The molecule has 0 unspecified atom stereocenters. The number of nitrogens with one attached hydrogen (secondary N) is 1. The molecular formula is C23H28N4OS. The summed E-state index contributed by atoms with van der Waals surface area (Å²) in [6.45, 7) is 8.22. The van der Waals surface area contributed by atoms with Crippen molar-refractivity contribution in [1.29, 1.82) is 0 Å². The molecule has 2 N–H and O–H groups in total. The molecule has 29 heavy (non-hydrogen) atoms. The van der Waals surface area contributed by atoms with Crippen molar-refractivity contribution in [2.45, 2.75) is 58.5 Å². The third-order valence-corrected chi connectivity index (χ3v) is 5.95. The Morgan fingerprint density at radius 2 is 2.07 bits per heavy atom. The molecule has 3 aromatic rings. The predicted molar refractivity (Wildman–Crippen MR) is 121 cm³/mol. The van der Waals surface area contributed by atoms with Crippen LogP contribution < -0.4 is 5.32 Å². The third kappa shape index (κ3) is 3.79. The molecule has 0 spiro atoms. The summed E-state index contributed by atoms with van der Waals surface area (Å²) in [4.78, 5) is 10.4. The molecule has 0 bridgehead atoms. The largest absolute Gasteiger partial charge is 0.394 e. The van der Waals surface area contributed by atoms with Crippen molar-refractivity contribution in [2.75, 3.05) is 6.61 Å². The number of nitrogens with zero attached hydrogens (tertiary/aromatic N) is 3. The number of rotatable bonds is 6. The van der Waals surface area contributed by atoms with Gasteiger partial charge in [0.1, 0.15) is 16.3 Å². The first-order valence-electron chi connectivity index (χ1n) is 10.2. The van der Waals surface area contributed by atoms with Gasteiger partial charge in [-0.25, -0.2) is 9.97 Å². The van der Waals surface area contributed by atoms with Gasteiger partial charge in [0.2, 0.25) is 0 Å². The zero-order valence-electron chi connectivity index (χ0n) is 17.5. The number of aromatic nitrogens is 3. The molecule has 152 valence electrons. The number of hydrogen-bond acceptors (Lipinski definition) is 4. The summed E-state index contributed by atoms with van der Waals surface area (Å²) in [7, 11) is 0. The molecule has 6 heteroatoms. The second-order valence-corrected chi connectivity index (χ2v) is 8.94. The van der Waals surface area contributed by atoms with Gasteiger partial charge in [0.05, 0.1) is 12.1 Å². The van der Waals surface area contributed by atoms with Crippen LogP contribution in [0.4, 0.5) is 0 Å². The molecule has 0 atom stereocenters. The highest BCUT2D eigenvalue weighted by Crippen LogP contribution is 2.30. The van der Waals surface area contributed by atoms with E-state index in [-0.39, 0.29) is 6.61 Å². The maximum Gasteiger partial charge on any atom is 0.160 e. The lowest BCUT2D eigenvalue weighted by molar-refractivity contribution is 0.164. The quantitative estimate of drug-likeness (QED) is 0.601. The maximum atomic E-state index is 9.87. The van der Waals surface area contributed by atoms with Crippen LogP contribution >= 0.6 is 12.2 Å². The van der Waals surface area contributed by atoms with E-state index in [0.29, 0.717) is 6.04 Å². The first-order valence-corrected chi connectivity index (χ1v) is 10.7. The standard InChI is InChI=1S/C23H28N4OS/c1-5-20-26-19-11-16(12-24-21(19)27(20)23(3,4)13-28)18-10-15(7-6-14(18)2)22(29)25-17-8-9-17/h6-7,10-12,17,28H,5,8-9,13H2,1-4H3,(H,25,29). The Kier molecular flexibility index (Phi) is 5.17. The van der Waals surface area contributed by atoms with E-state index < -0.39 is 5.54 Å². The Balaban J connectivity index is 1.78. The number of pyridine rings is 1. The van der Waals surface area contributed by atoms with Crippen molar-refractivity contribution < 1.29 is 5.11 Å². The van der Waals surface area contributed by atoms with E-state index in [0.717, 1.165) is 45.1 Å². The molecule has 0 radical (unpaired) electrons. The van der Waals surface area contributed by atoms with E-state index in [2.05, 4.69) is 48.0 Å². The van der Waals surface area contributed by atoms with E-state index in [1.807, 2.05) is 20.0 Å². The lowest BCUT2D eigenvalue weighted by Crippen LogP contribution is -2.32. The Bertz CT molecular complexity index is 1080. The summed E-state index contributed by atoms with van der Waals surface area (Å²) in [5.41, 5.74) is 5.56. The Morgan fingerprint density at radius 3 is 2.72 bits per heavy atom. The van der Waals surface area contributed by atoms with Crippen molar-refractivity contribution in [2.24, 2.45) is 0 Å². The Labute approximate surface area is 177 Å². The van der Waals surface area contributed by atoms with Gasteiger partial charge in [0.15, 0.2) is 5.65 Å². The minimum absolute atomic E-state index is 0.0292. The number of benzene rings is 1. The molecule has 5 nitrogen and oxygen atoms in total. The molecule has 1 aliphatic carbocycles. The second-order valence-electron chi connectivity index (χ2n) is 8.53. The Morgan fingerprint density at radius 1 is 1.31 bits per heavy atom. The number of aliphatic hydroxyl groups is 1. The van der Waals surface area contributed by atoms with E-state index in [1.165, 1.54) is 18.4 Å². The van der Waals surface area contributed by atoms with Gasteiger partial charge in [-0.1, -0.05) is 31.3 Å². The maximum absolute atomic E-state index is 9.87. The average molecular weight is 409 g/mol. The van der Waals surface area contributed by atoms with Crippen LogP contribution in [0.3, 0.4) is 0 Å². The van der Waals surface area contributed by atoms with Crippen molar-refractivity contribution in [3.8, 4) is 11.1 Å². The number of aryl methyl sites for hydroxylation is 2. The van der Waals surface area contributed by atoms with Gasteiger partial charge in [-0.3, -0.25) is 0 Å². The van der Waals surface area contributed by atoms with Crippen LogP contribution in [-0.4, -0.2) is 37.3 Å². The number of aliphatic hydroxyl groups excluding tert-OH is 1. The molecule has 1 aliphatic rings. The summed E-state index contributed by atoms with van der Waals surface area (Å²) < 4.78 is 2.06. The van der Waals surface area contributed by atoms with Gasteiger partial charge in [-0.2, -0.15) is 0 Å². The van der Waals surface area contributed by atoms with E-state index in [9.17, 15) is 5.11 Å². The topological polar surface area (TPSA) is 63.0 Å². The summed E-state index contributed by atoms with van der Waals surface area (Å²) >= 11 is 5.59. The smallest absolute Gasteiger partial charge is 0.160 e. The minimum Gasteiger partial charge on any atom is -0.394 e. The molecule has 1 aromatic carbocycles. The van der Waals surface area contributed by atoms with Crippen LogP contribution in [0.15, 0.2) is 30.5 Å². The zero-order valence-corrected chi connectivity index (χ0v) is 18.3. The van der Waals surface area contributed by atoms with E-state index >= 15 is 0 Å². The number of imidazole rings is 1. The highest BCUT2D eigenvalue weighted by Gasteiger charge is 2.26. The fourth-order valence-corrected chi connectivity index (χ4v) is 3.97. The lowest BCUT2D eigenvalue weighted by Gasteiger charge is -2.26. The molecule has 1 saturated carbocycles. The number of thiocarbonyl (C=S) groups is 1. The number of fused-ring (bicyclic) bond motifs is 1. The molecule has 2 heterocycles. The summed E-state index contributed by atoms with van der Waals surface area (Å²) in [6.07, 6.45) is 5.08. The van der Waals surface area contributed by atoms with Crippen LogP contribution in [0, 0.1) is 6.92 Å². The molecule has 1 fully saturated rings. The molecule has 2 aromatic heterocycles. The molecule has 4 rings (SSSR count). The van der Waals surface area contributed by atoms with Crippen LogP contribution in [0.5, 0.6) is 0 Å². The van der Waals surface area contributed by atoms with Crippen LogP contribution in [0.1, 0.15) is 50.6 Å². The zero-order chi connectivity index (χ0) is 20.8. The predicted octanol–water partition coefficient (Wildman–Crippen LogP) is 4.12. The third-order valence-electron chi connectivity index (χ3n) is 5.60. The van der Waals surface area contributed by atoms with Crippen LogP contribution in [-0.2, 0) is 12.0 Å². The minimum atomic E-state index is -0.453. The lowest BCUT2D eigenvalue weighted by atomic mass is 9.99. The Hall–Kier alpha value is -2.31. The summed E-state index contributed by atoms with van der Waals surface area (Å²) in [6, 6.07) is 8.97. The van der Waals surface area contributed by atoms with Crippen LogP contribution in [0.2, 0.25) is 0 Å². The SMILES string of the molecule is CCc1nc2cc(-c3cc(C(=S)NC4CC4)ccc3C)cnc2n1C(C)(C)CO. The normalized spacial score (nSPS) is 14.4. The monoisotopic (exact) mass is 408 g/mol. The van der Waals surface area contributed by atoms with Crippen molar-refractivity contribution >= 4 is 28.4 Å². The van der Waals surface area contributed by atoms with Gasteiger partial charge in [0, 0.05) is 29.8 Å². The van der Waals surface area contributed by atoms with Gasteiger partial charge < -0.3 is 15.0 Å². The van der Waals surface area contributed by atoms with E-state index in [1.54, 1.807) is 0 Å². The van der Waals surface area contributed by atoms with E-state index in [4.69, 9.17) is 22.2 Å². The first kappa shape index (κ1) is 20.0. The summed E-state index contributed by atoms with van der Waals surface area (Å²) in [5.74, 6) is 0.934. The molecule has 0 amide bonds. The fraction of sp³-hybridized carbons (Fsp3) is 0.435. The van der Waals surface area contributed by atoms with Crippen LogP contribution in [0.25, 0.3) is 22.3 Å². The highest BCUT2D eigenvalue weighted by atomic mass is 32.1.